The summed E-state index contributed by atoms with van der Waals surface area (Å²) in [5.41, 5.74) is -0.0957. The molecule has 21 heavy (non-hydrogen) atoms. The summed E-state index contributed by atoms with van der Waals surface area (Å²) in [5, 5.41) is 0. The maximum Gasteiger partial charge on any atom is 0.155 e. The topological polar surface area (TPSA) is 12.5 Å². The number of epoxide rings is 1. The Morgan fingerprint density at radius 2 is 1.76 bits per heavy atom. The van der Waals surface area contributed by atoms with Crippen LogP contribution < -0.4 is 0 Å². The molecule has 0 aromatic heterocycles. The van der Waals surface area contributed by atoms with Gasteiger partial charge in [0.2, 0.25) is 0 Å². The van der Waals surface area contributed by atoms with Crippen molar-refractivity contribution < 1.29 is 4.74 Å². The molecule has 1 aliphatic rings. The van der Waals surface area contributed by atoms with E-state index in [4.69, 9.17) is 4.74 Å². The fourth-order valence-electron chi connectivity index (χ4n) is 2.84. The van der Waals surface area contributed by atoms with Gasteiger partial charge < -0.3 is 4.74 Å². The third-order valence-electron chi connectivity index (χ3n) is 4.31. The zero-order chi connectivity index (χ0) is 15.4. The monoisotopic (exact) mass is 290 g/mol. The van der Waals surface area contributed by atoms with Crippen molar-refractivity contribution in [3.05, 3.63) is 12.7 Å². The molecule has 0 unspecified atom stereocenters. The largest absolute Gasteiger partial charge is 0.352 e. The Balaban J connectivity index is 2.35. The van der Waals surface area contributed by atoms with E-state index in [9.17, 15) is 0 Å². The van der Waals surface area contributed by atoms with Crippen LogP contribution in [0.2, 0.25) is 0 Å². The van der Waals surface area contributed by atoms with Crippen molar-refractivity contribution in [1.29, 1.82) is 0 Å². The van der Waals surface area contributed by atoms with E-state index in [1.165, 1.54) is 51.4 Å². The van der Waals surface area contributed by atoms with Gasteiger partial charge in [0.1, 0.15) is 6.10 Å². The zero-order valence-corrected chi connectivity index (χ0v) is 14.3. The molecule has 1 aliphatic heterocycles. The summed E-state index contributed by atoms with van der Waals surface area (Å²) in [5.74, 6) is 6.87. The Kier molecular flexibility index (Phi) is 9.51. The van der Waals surface area contributed by atoms with E-state index in [1.54, 1.807) is 0 Å². The van der Waals surface area contributed by atoms with Gasteiger partial charge in [-0.1, -0.05) is 64.4 Å². The van der Waals surface area contributed by atoms with Crippen molar-refractivity contribution >= 4 is 0 Å². The molecule has 0 saturated carbocycles. The van der Waals surface area contributed by atoms with E-state index in [0.29, 0.717) is 6.10 Å². The minimum atomic E-state index is -0.0957. The normalized spacial score (nSPS) is 23.4. The number of ether oxygens (including phenoxy) is 1. The first-order chi connectivity index (χ1) is 10.3. The van der Waals surface area contributed by atoms with E-state index in [1.807, 2.05) is 6.08 Å². The van der Waals surface area contributed by atoms with E-state index in [-0.39, 0.29) is 5.60 Å². The molecule has 0 aromatic carbocycles. The van der Waals surface area contributed by atoms with Crippen LogP contribution in [0.15, 0.2) is 12.7 Å². The molecule has 0 N–H and O–H groups in total. The minimum absolute atomic E-state index is 0.0957. The number of hydrogen-bond donors (Lipinski definition) is 0. The van der Waals surface area contributed by atoms with Gasteiger partial charge in [0.05, 0.1) is 0 Å². The summed E-state index contributed by atoms with van der Waals surface area (Å²) < 4.78 is 5.99. The van der Waals surface area contributed by atoms with Gasteiger partial charge in [0, 0.05) is 6.42 Å². The molecule has 0 aromatic rings. The van der Waals surface area contributed by atoms with Crippen molar-refractivity contribution in [1.82, 2.24) is 0 Å². The van der Waals surface area contributed by atoms with Crippen LogP contribution in [-0.2, 0) is 4.74 Å². The lowest BCUT2D eigenvalue weighted by atomic mass is 9.95. The molecule has 0 aliphatic carbocycles. The lowest BCUT2D eigenvalue weighted by Gasteiger charge is -2.05. The average Bonchev–Trinajstić information content (AvgIpc) is 3.18. The van der Waals surface area contributed by atoms with E-state index in [2.05, 4.69) is 32.3 Å². The number of unbranched alkanes of at least 4 members (excludes halogenated alkanes) is 7. The fraction of sp³-hybridized carbons (Fsp3) is 0.800. The molecule has 0 bridgehead atoms. The molecule has 1 heteroatoms. The van der Waals surface area contributed by atoms with E-state index in [0.717, 1.165) is 25.7 Å². The van der Waals surface area contributed by atoms with Crippen molar-refractivity contribution in [3.8, 4) is 11.8 Å². The number of allylic oxidation sites excluding steroid dienone is 1. The maximum atomic E-state index is 5.99. The number of rotatable bonds is 12. The molecule has 2 atom stereocenters. The van der Waals surface area contributed by atoms with E-state index >= 15 is 0 Å². The summed E-state index contributed by atoms with van der Waals surface area (Å²) in [6.45, 7) is 8.31. The van der Waals surface area contributed by atoms with Gasteiger partial charge in [-0.3, -0.25) is 0 Å². The third-order valence-corrected chi connectivity index (χ3v) is 4.31. The second kappa shape index (κ2) is 10.9. The van der Waals surface area contributed by atoms with Crippen LogP contribution in [0.25, 0.3) is 0 Å². The molecule has 0 radical (unpaired) electrons. The fourth-order valence-corrected chi connectivity index (χ4v) is 2.84. The highest BCUT2D eigenvalue weighted by molar-refractivity contribution is 5.25. The number of hydrogen-bond acceptors (Lipinski definition) is 1. The standard InChI is InChI=1S/C20H34O/c1-4-7-10-12-13-15-18-20(17-14-11-8-5-2)19(21-20)16-9-6-3/h6,19H,3-5,7-14,16-17H2,1-2H3/t19-,20+/m1/s1. The second-order valence-electron chi connectivity index (χ2n) is 6.29. The summed E-state index contributed by atoms with van der Waals surface area (Å²) in [6.07, 6.45) is 17.0. The molecular formula is C20H34O. The summed E-state index contributed by atoms with van der Waals surface area (Å²) >= 11 is 0. The predicted molar refractivity (Wildman–Crippen MR) is 92.3 cm³/mol. The van der Waals surface area contributed by atoms with Crippen molar-refractivity contribution in [3.63, 3.8) is 0 Å². The Bertz CT molecular complexity index is 335. The molecule has 120 valence electrons. The molecule has 1 fully saturated rings. The molecule has 1 heterocycles. The minimum Gasteiger partial charge on any atom is -0.352 e. The Morgan fingerprint density at radius 1 is 1.05 bits per heavy atom. The van der Waals surface area contributed by atoms with E-state index < -0.39 is 0 Å². The Morgan fingerprint density at radius 3 is 2.43 bits per heavy atom. The van der Waals surface area contributed by atoms with Gasteiger partial charge in [-0.15, -0.1) is 12.5 Å². The molecule has 0 spiro atoms. The first-order valence-electron chi connectivity index (χ1n) is 9.07. The van der Waals surface area contributed by atoms with Crippen molar-refractivity contribution in [2.45, 2.75) is 103 Å². The second-order valence-corrected chi connectivity index (χ2v) is 6.29. The lowest BCUT2D eigenvalue weighted by molar-refractivity contribution is 0.316. The Labute approximate surface area is 132 Å². The SMILES string of the molecule is C=CCC[C@H]1O[C@]1(C#CCCCCCC)CCCCCC. The first-order valence-corrected chi connectivity index (χ1v) is 9.07. The summed E-state index contributed by atoms with van der Waals surface area (Å²) in [6, 6.07) is 0. The van der Waals surface area contributed by atoms with Crippen LogP contribution in [0.1, 0.15) is 90.9 Å². The highest BCUT2D eigenvalue weighted by Gasteiger charge is 2.53. The Hall–Kier alpha value is -0.740. The van der Waals surface area contributed by atoms with Gasteiger partial charge in [-0.05, 0) is 32.1 Å². The molecule has 0 amide bonds. The van der Waals surface area contributed by atoms with Crippen LogP contribution in [-0.4, -0.2) is 11.7 Å². The molecule has 1 rings (SSSR count). The lowest BCUT2D eigenvalue weighted by Crippen LogP contribution is -2.12. The molecular weight excluding hydrogens is 256 g/mol. The van der Waals surface area contributed by atoms with Gasteiger partial charge in [-0.2, -0.15) is 0 Å². The van der Waals surface area contributed by atoms with Crippen molar-refractivity contribution in [2.75, 3.05) is 0 Å². The van der Waals surface area contributed by atoms with Gasteiger partial charge in [0.25, 0.3) is 0 Å². The first kappa shape index (κ1) is 18.3. The zero-order valence-electron chi connectivity index (χ0n) is 14.3. The van der Waals surface area contributed by atoms with Crippen LogP contribution in [0.5, 0.6) is 0 Å². The van der Waals surface area contributed by atoms with Crippen LogP contribution in [0.4, 0.5) is 0 Å². The predicted octanol–water partition coefficient (Wildman–Crippen LogP) is 6.03. The quantitative estimate of drug-likeness (QED) is 0.185. The van der Waals surface area contributed by atoms with Crippen molar-refractivity contribution in [2.24, 2.45) is 0 Å². The third kappa shape index (κ3) is 7.18. The average molecular weight is 290 g/mol. The van der Waals surface area contributed by atoms with Crippen LogP contribution >= 0.6 is 0 Å². The maximum absolute atomic E-state index is 5.99. The van der Waals surface area contributed by atoms with Gasteiger partial charge >= 0.3 is 0 Å². The highest BCUT2D eigenvalue weighted by Crippen LogP contribution is 2.43. The summed E-state index contributed by atoms with van der Waals surface area (Å²) in [7, 11) is 0. The van der Waals surface area contributed by atoms with Crippen LogP contribution in [0, 0.1) is 11.8 Å². The van der Waals surface area contributed by atoms with Gasteiger partial charge in [0.15, 0.2) is 5.60 Å². The van der Waals surface area contributed by atoms with Gasteiger partial charge in [-0.25, -0.2) is 0 Å². The smallest absolute Gasteiger partial charge is 0.155 e. The molecule has 1 nitrogen and oxygen atoms in total. The van der Waals surface area contributed by atoms with Crippen LogP contribution in [0.3, 0.4) is 0 Å². The summed E-state index contributed by atoms with van der Waals surface area (Å²) in [4.78, 5) is 0. The molecule has 1 saturated heterocycles. The highest BCUT2D eigenvalue weighted by atomic mass is 16.6.